The summed E-state index contributed by atoms with van der Waals surface area (Å²) < 4.78 is 0. The van der Waals surface area contributed by atoms with Crippen molar-refractivity contribution < 1.29 is 0 Å². The number of hydrogen-bond acceptors (Lipinski definition) is 0. The third-order valence-electron chi connectivity index (χ3n) is 6.93. The second kappa shape index (κ2) is 34.0. The average Bonchev–Trinajstić information content (AvgIpc) is 2.87. The Hall–Kier alpha value is -0.0138. The molecule has 1 aromatic carbocycles. The molecule has 0 nitrogen and oxygen atoms in total. The van der Waals surface area contributed by atoms with Crippen LogP contribution in [0, 0.1) is 13.0 Å². The van der Waals surface area contributed by atoms with Gasteiger partial charge in [-0.3, -0.25) is 0 Å². The predicted molar refractivity (Wildman–Crippen MR) is 162 cm³/mol. The molecular formula is C34H62Mg. The first kappa shape index (κ1) is 37.1. The summed E-state index contributed by atoms with van der Waals surface area (Å²) in [6.45, 7) is 8.43. The first-order chi connectivity index (χ1) is 16.8. The molecule has 0 spiro atoms. The molecule has 0 radical (unpaired) electrons. The van der Waals surface area contributed by atoms with Crippen molar-refractivity contribution >= 4 is 23.1 Å². The zero-order valence-corrected chi connectivity index (χ0v) is 25.8. The van der Waals surface area contributed by atoms with Crippen LogP contribution in [-0.4, -0.2) is 23.1 Å². The van der Waals surface area contributed by atoms with Crippen LogP contribution in [-0.2, 0) is 6.42 Å². The summed E-state index contributed by atoms with van der Waals surface area (Å²) in [5.41, 5.74) is 1.37. The van der Waals surface area contributed by atoms with Gasteiger partial charge in [-0.15, -0.1) is 0 Å². The van der Waals surface area contributed by atoms with E-state index in [2.05, 4.69) is 39.0 Å². The molecule has 0 bridgehead atoms. The molecule has 0 amide bonds. The number of hydrogen-bond donors (Lipinski definition) is 0. The second-order valence-corrected chi connectivity index (χ2v) is 10.4. The van der Waals surface area contributed by atoms with E-state index in [9.17, 15) is 0 Å². The second-order valence-electron chi connectivity index (χ2n) is 10.4. The Balaban J connectivity index is 0. The fourth-order valence-electron chi connectivity index (χ4n) is 4.58. The minimum Gasteiger partial charge on any atom is -0.343 e. The van der Waals surface area contributed by atoms with E-state index < -0.39 is 0 Å². The van der Waals surface area contributed by atoms with Crippen molar-refractivity contribution in [3.63, 3.8) is 0 Å². The molecule has 0 unspecified atom stereocenters. The van der Waals surface area contributed by atoms with Crippen molar-refractivity contribution in [1.82, 2.24) is 0 Å². The van der Waals surface area contributed by atoms with E-state index in [-0.39, 0.29) is 23.1 Å². The molecule has 1 aromatic rings. The normalized spacial score (nSPS) is 10.5. The fraction of sp³-hybridized carbons (Fsp3) is 0.794. The average molecular weight is 495 g/mol. The van der Waals surface area contributed by atoms with E-state index in [1.165, 1.54) is 160 Å². The van der Waals surface area contributed by atoms with Crippen molar-refractivity contribution in [2.75, 3.05) is 0 Å². The third kappa shape index (κ3) is 32.0. The number of benzene rings is 1. The molecule has 0 atom stereocenters. The molecule has 0 aromatic heterocycles. The van der Waals surface area contributed by atoms with E-state index in [0.29, 0.717) is 0 Å². The van der Waals surface area contributed by atoms with Crippen LogP contribution in [0.4, 0.5) is 0 Å². The van der Waals surface area contributed by atoms with Crippen LogP contribution in [0.25, 0.3) is 0 Å². The summed E-state index contributed by atoms with van der Waals surface area (Å²) in [5.74, 6) is 0. The zero-order chi connectivity index (χ0) is 24.8. The molecule has 0 saturated carbocycles. The Morgan fingerprint density at radius 2 is 0.886 bits per heavy atom. The summed E-state index contributed by atoms with van der Waals surface area (Å²) in [6, 6.07) is 11.7. The predicted octanol–water partition coefficient (Wildman–Crippen LogP) is 11.9. The summed E-state index contributed by atoms with van der Waals surface area (Å²) in [5, 5.41) is 0. The molecular weight excluding hydrogens is 433 g/mol. The minimum absolute atomic E-state index is 0. The van der Waals surface area contributed by atoms with Crippen LogP contribution >= 0.6 is 0 Å². The Kier molecular flexibility index (Phi) is 36.1. The SMILES string of the molecule is CCCCCCCCCCCCCCc1[c-]cccc1.[CH2-]CCCCCCCCCCCCC.[Mg+2]. The van der Waals surface area contributed by atoms with Gasteiger partial charge in [-0.25, -0.2) is 0 Å². The van der Waals surface area contributed by atoms with Gasteiger partial charge in [-0.2, -0.15) is 42.3 Å². The van der Waals surface area contributed by atoms with E-state index in [4.69, 9.17) is 0 Å². The third-order valence-corrected chi connectivity index (χ3v) is 6.93. The van der Waals surface area contributed by atoms with Gasteiger partial charge < -0.3 is 6.92 Å². The zero-order valence-electron chi connectivity index (χ0n) is 24.4. The Morgan fingerprint density at radius 3 is 1.23 bits per heavy atom. The molecule has 0 aliphatic heterocycles. The number of rotatable bonds is 24. The molecule has 0 saturated heterocycles. The van der Waals surface area contributed by atoms with Crippen LogP contribution in [0.3, 0.4) is 0 Å². The van der Waals surface area contributed by atoms with Crippen LogP contribution in [0.5, 0.6) is 0 Å². The number of aryl methyl sites for hydroxylation is 1. The molecule has 35 heavy (non-hydrogen) atoms. The molecule has 0 aliphatic carbocycles. The monoisotopic (exact) mass is 494 g/mol. The molecule has 0 aliphatic rings. The van der Waals surface area contributed by atoms with Crippen molar-refractivity contribution in [3.05, 3.63) is 42.8 Å². The van der Waals surface area contributed by atoms with Crippen molar-refractivity contribution in [3.8, 4) is 0 Å². The molecule has 1 heteroatoms. The largest absolute Gasteiger partial charge is 2.00 e. The van der Waals surface area contributed by atoms with Gasteiger partial charge in [-0.05, 0) is 0 Å². The van der Waals surface area contributed by atoms with Gasteiger partial charge in [0.05, 0.1) is 0 Å². The fourth-order valence-corrected chi connectivity index (χ4v) is 4.58. The first-order valence-corrected chi connectivity index (χ1v) is 15.6. The minimum atomic E-state index is 0. The topological polar surface area (TPSA) is 0 Å². The van der Waals surface area contributed by atoms with Gasteiger partial charge >= 0.3 is 23.1 Å². The van der Waals surface area contributed by atoms with E-state index in [1.54, 1.807) is 0 Å². The maximum atomic E-state index is 3.86. The smallest absolute Gasteiger partial charge is 0.343 e. The molecule has 200 valence electrons. The van der Waals surface area contributed by atoms with Gasteiger partial charge in [0.1, 0.15) is 0 Å². The standard InChI is InChI=1S/C20H33.C14H29.Mg/c1-2-3-4-5-6-7-8-9-10-11-12-14-17-20-18-15-13-16-19-20;1-3-5-7-9-11-13-14-12-10-8-6-4-2;/h13,15-16,18H,2-12,14,17H2,1H3;1,3-14H2,2H3;/q2*-1;+2. The summed E-state index contributed by atoms with van der Waals surface area (Å²) in [4.78, 5) is 0. The summed E-state index contributed by atoms with van der Waals surface area (Å²) in [6.07, 6.45) is 35.2. The van der Waals surface area contributed by atoms with Crippen LogP contribution in [0.1, 0.15) is 174 Å². The Morgan fingerprint density at radius 1 is 0.514 bits per heavy atom. The first-order valence-electron chi connectivity index (χ1n) is 15.6. The van der Waals surface area contributed by atoms with E-state index in [0.717, 1.165) is 6.42 Å². The maximum absolute atomic E-state index is 3.86. The van der Waals surface area contributed by atoms with Crippen LogP contribution in [0.2, 0.25) is 0 Å². The summed E-state index contributed by atoms with van der Waals surface area (Å²) >= 11 is 0. The van der Waals surface area contributed by atoms with Crippen molar-refractivity contribution in [2.24, 2.45) is 0 Å². The molecule has 1 rings (SSSR count). The van der Waals surface area contributed by atoms with Crippen molar-refractivity contribution in [2.45, 2.75) is 174 Å². The van der Waals surface area contributed by atoms with Crippen molar-refractivity contribution in [1.29, 1.82) is 0 Å². The van der Waals surface area contributed by atoms with Gasteiger partial charge in [-0.1, -0.05) is 168 Å². The van der Waals surface area contributed by atoms with E-state index in [1.807, 2.05) is 12.1 Å². The maximum Gasteiger partial charge on any atom is 2.00 e. The number of unbranched alkanes of at least 4 members (excludes halogenated alkanes) is 22. The van der Waals surface area contributed by atoms with Crippen LogP contribution < -0.4 is 0 Å². The molecule has 0 N–H and O–H groups in total. The molecule has 0 fully saturated rings. The summed E-state index contributed by atoms with van der Waals surface area (Å²) in [7, 11) is 0. The van der Waals surface area contributed by atoms with Gasteiger partial charge in [0.15, 0.2) is 0 Å². The Labute approximate surface area is 239 Å². The molecule has 0 heterocycles. The quantitative estimate of drug-likeness (QED) is 0.0760. The van der Waals surface area contributed by atoms with Gasteiger partial charge in [0, 0.05) is 0 Å². The van der Waals surface area contributed by atoms with Gasteiger partial charge in [0.25, 0.3) is 0 Å². The van der Waals surface area contributed by atoms with Gasteiger partial charge in [0.2, 0.25) is 0 Å². The van der Waals surface area contributed by atoms with Crippen LogP contribution in [0.15, 0.2) is 24.3 Å². The Bertz CT molecular complexity index is 443. The van der Waals surface area contributed by atoms with E-state index >= 15 is 0 Å².